The third kappa shape index (κ3) is 3.12. The van der Waals surface area contributed by atoms with E-state index in [9.17, 15) is 0 Å². The second-order valence-corrected chi connectivity index (χ2v) is 6.77. The van der Waals surface area contributed by atoms with E-state index in [-0.39, 0.29) is 0 Å². The summed E-state index contributed by atoms with van der Waals surface area (Å²) < 4.78 is 11.6. The Morgan fingerprint density at radius 3 is 2.17 bits per heavy atom. The largest absolute Gasteiger partial charge is 0.478 e. The Bertz CT molecular complexity index is 744. The molecule has 0 spiro atoms. The summed E-state index contributed by atoms with van der Waals surface area (Å²) in [6.45, 7) is 6.48. The number of hydrogen-bond acceptors (Lipinski definition) is 4. The molecule has 0 atom stereocenters. The molecule has 2 aliphatic rings. The number of hydrogen-bond donors (Lipinski definition) is 0. The first-order valence-electron chi connectivity index (χ1n) is 8.61. The van der Waals surface area contributed by atoms with Gasteiger partial charge in [-0.2, -0.15) is 0 Å². The molecule has 0 saturated carbocycles. The molecule has 0 bridgehead atoms. The van der Waals surface area contributed by atoms with Crippen molar-refractivity contribution in [3.63, 3.8) is 0 Å². The van der Waals surface area contributed by atoms with E-state index >= 15 is 0 Å². The Balaban J connectivity index is 1.54. The average Bonchev–Trinajstić information content (AvgIpc) is 2.60. The van der Waals surface area contributed by atoms with E-state index in [1.165, 1.54) is 22.3 Å². The predicted molar refractivity (Wildman–Crippen MR) is 94.2 cm³/mol. The maximum Gasteiger partial charge on any atom is 0.142 e. The van der Waals surface area contributed by atoms with Crippen LogP contribution in [0.15, 0.2) is 36.4 Å². The van der Waals surface area contributed by atoms with Crippen LogP contribution in [-0.4, -0.2) is 36.9 Å². The van der Waals surface area contributed by atoms with E-state index in [0.29, 0.717) is 13.5 Å². The van der Waals surface area contributed by atoms with Crippen LogP contribution in [0.5, 0.6) is 11.5 Å². The summed E-state index contributed by atoms with van der Waals surface area (Å²) in [5.74, 6) is 2.05. The van der Waals surface area contributed by atoms with Crippen molar-refractivity contribution in [1.29, 1.82) is 0 Å². The highest BCUT2D eigenvalue weighted by Crippen LogP contribution is 2.29. The van der Waals surface area contributed by atoms with Crippen LogP contribution in [0.3, 0.4) is 0 Å². The fourth-order valence-electron chi connectivity index (χ4n) is 3.42. The molecular weight excluding hydrogens is 300 g/mol. The van der Waals surface area contributed by atoms with Crippen molar-refractivity contribution in [2.45, 2.75) is 26.4 Å². The molecule has 4 nitrogen and oxygen atoms in total. The molecule has 2 aromatic carbocycles. The summed E-state index contributed by atoms with van der Waals surface area (Å²) in [4.78, 5) is 4.49. The first-order chi connectivity index (χ1) is 11.7. The minimum atomic E-state index is 0.672. The molecule has 0 aromatic heterocycles. The summed E-state index contributed by atoms with van der Waals surface area (Å²) in [7, 11) is 2.08. The van der Waals surface area contributed by atoms with Gasteiger partial charge in [-0.3, -0.25) is 9.80 Å². The van der Waals surface area contributed by atoms with Crippen molar-refractivity contribution in [3.05, 3.63) is 58.7 Å². The maximum absolute atomic E-state index is 5.82. The number of nitrogens with zero attached hydrogens (tertiary/aromatic N) is 2. The van der Waals surface area contributed by atoms with E-state index in [4.69, 9.17) is 9.47 Å². The van der Waals surface area contributed by atoms with Crippen molar-refractivity contribution in [3.8, 4) is 11.5 Å². The molecule has 0 amide bonds. The third-order valence-electron chi connectivity index (χ3n) is 4.78. The highest BCUT2D eigenvalue weighted by atomic mass is 16.5. The van der Waals surface area contributed by atoms with Crippen LogP contribution < -0.4 is 9.47 Å². The Kier molecular flexibility index (Phi) is 4.17. The maximum atomic E-state index is 5.82. The number of fused-ring (bicyclic) bond motifs is 2. The molecule has 0 radical (unpaired) electrons. The van der Waals surface area contributed by atoms with Crippen LogP contribution in [0.25, 0.3) is 0 Å². The molecule has 0 N–H and O–H groups in total. The van der Waals surface area contributed by atoms with Gasteiger partial charge in [0, 0.05) is 24.2 Å². The fourth-order valence-corrected chi connectivity index (χ4v) is 3.42. The Morgan fingerprint density at radius 1 is 0.875 bits per heavy atom. The van der Waals surface area contributed by atoms with Crippen molar-refractivity contribution in [2.75, 3.05) is 27.1 Å². The van der Waals surface area contributed by atoms with Gasteiger partial charge in [0.2, 0.25) is 0 Å². The van der Waals surface area contributed by atoms with E-state index in [1.54, 1.807) is 0 Å². The van der Waals surface area contributed by atoms with Gasteiger partial charge in [-0.25, -0.2) is 0 Å². The molecule has 0 aliphatic carbocycles. The highest BCUT2D eigenvalue weighted by molar-refractivity contribution is 5.43. The van der Waals surface area contributed by atoms with Gasteiger partial charge in [0.25, 0.3) is 0 Å². The lowest BCUT2D eigenvalue weighted by molar-refractivity contribution is 0.101. The molecule has 126 valence electrons. The average molecular weight is 324 g/mol. The molecule has 2 aromatic rings. The van der Waals surface area contributed by atoms with E-state index < -0.39 is 0 Å². The molecule has 4 heteroatoms. The van der Waals surface area contributed by atoms with Gasteiger partial charge in [-0.15, -0.1) is 0 Å². The van der Waals surface area contributed by atoms with Crippen LogP contribution in [-0.2, 0) is 19.5 Å². The molecule has 0 fully saturated rings. The fraction of sp³-hybridized carbons (Fsp3) is 0.400. The van der Waals surface area contributed by atoms with Crippen LogP contribution in [0.4, 0.5) is 0 Å². The second-order valence-electron chi connectivity index (χ2n) is 6.77. The normalized spacial score (nSPS) is 17.6. The zero-order chi connectivity index (χ0) is 16.5. The third-order valence-corrected chi connectivity index (χ3v) is 4.78. The smallest absolute Gasteiger partial charge is 0.142 e. The standard InChI is InChI=1S/C20H24N2O2/c1-3-22-12-18-10-16(5-7-20(18)24-14-22)8-15-4-6-19-17(9-15)11-21(2)13-23-19/h4-7,9-10H,3,8,11-14H2,1-2H3. The van der Waals surface area contributed by atoms with Crippen molar-refractivity contribution in [1.82, 2.24) is 9.80 Å². The number of ether oxygens (including phenoxy) is 2. The van der Waals surface area contributed by atoms with Crippen molar-refractivity contribution in [2.24, 2.45) is 0 Å². The molecule has 2 aliphatic heterocycles. The minimum Gasteiger partial charge on any atom is -0.478 e. The zero-order valence-corrected chi connectivity index (χ0v) is 14.4. The van der Waals surface area contributed by atoms with Gasteiger partial charge in [0.15, 0.2) is 0 Å². The first kappa shape index (κ1) is 15.5. The van der Waals surface area contributed by atoms with Crippen LogP contribution in [0.2, 0.25) is 0 Å². The van der Waals surface area contributed by atoms with Gasteiger partial charge in [-0.1, -0.05) is 31.2 Å². The lowest BCUT2D eigenvalue weighted by Crippen LogP contribution is -2.31. The number of benzene rings is 2. The molecule has 0 unspecified atom stereocenters. The first-order valence-corrected chi connectivity index (χ1v) is 8.61. The summed E-state index contributed by atoms with van der Waals surface area (Å²) in [6, 6.07) is 13.2. The second kappa shape index (κ2) is 6.46. The van der Waals surface area contributed by atoms with Crippen LogP contribution >= 0.6 is 0 Å². The Labute approximate surface area is 143 Å². The van der Waals surface area contributed by atoms with Gasteiger partial charge in [0.1, 0.15) is 25.0 Å². The van der Waals surface area contributed by atoms with Gasteiger partial charge in [-0.05, 0) is 43.3 Å². The van der Waals surface area contributed by atoms with Gasteiger partial charge < -0.3 is 9.47 Å². The van der Waals surface area contributed by atoms with E-state index in [0.717, 1.165) is 37.6 Å². The molecule has 24 heavy (non-hydrogen) atoms. The molecule has 4 rings (SSSR count). The lowest BCUT2D eigenvalue weighted by Gasteiger charge is -2.28. The SMILES string of the molecule is CCN1COc2ccc(Cc3ccc4c(c3)CN(C)CO4)cc2C1. The van der Waals surface area contributed by atoms with Crippen molar-refractivity contribution >= 4 is 0 Å². The van der Waals surface area contributed by atoms with E-state index in [1.807, 2.05) is 0 Å². The molecular formula is C20H24N2O2. The monoisotopic (exact) mass is 324 g/mol. The summed E-state index contributed by atoms with van der Waals surface area (Å²) >= 11 is 0. The lowest BCUT2D eigenvalue weighted by atomic mass is 9.99. The zero-order valence-electron chi connectivity index (χ0n) is 14.4. The summed E-state index contributed by atoms with van der Waals surface area (Å²) in [5.41, 5.74) is 5.23. The summed E-state index contributed by atoms with van der Waals surface area (Å²) in [6.07, 6.45) is 0.941. The van der Waals surface area contributed by atoms with Crippen LogP contribution in [0.1, 0.15) is 29.2 Å². The topological polar surface area (TPSA) is 24.9 Å². The van der Waals surface area contributed by atoms with Gasteiger partial charge in [0.05, 0.1) is 0 Å². The van der Waals surface area contributed by atoms with E-state index in [2.05, 4.69) is 60.2 Å². The summed E-state index contributed by atoms with van der Waals surface area (Å²) in [5, 5.41) is 0. The minimum absolute atomic E-state index is 0.672. The Hall–Kier alpha value is -2.04. The predicted octanol–water partition coefficient (Wildman–Crippen LogP) is 3.23. The quantitative estimate of drug-likeness (QED) is 0.865. The van der Waals surface area contributed by atoms with Crippen LogP contribution in [0, 0.1) is 0 Å². The van der Waals surface area contributed by atoms with Gasteiger partial charge >= 0.3 is 0 Å². The Morgan fingerprint density at radius 2 is 1.50 bits per heavy atom. The molecule has 2 heterocycles. The highest BCUT2D eigenvalue weighted by Gasteiger charge is 2.17. The number of rotatable bonds is 3. The molecule has 0 saturated heterocycles. The van der Waals surface area contributed by atoms with Crippen molar-refractivity contribution < 1.29 is 9.47 Å².